The van der Waals surface area contributed by atoms with Gasteiger partial charge >= 0.3 is 18.0 Å². The van der Waals surface area contributed by atoms with E-state index in [0.29, 0.717) is 30.1 Å². The number of hydrogen-bond acceptors (Lipinski definition) is 10. The molecule has 0 heterocycles. The Morgan fingerprint density at radius 2 is 1.58 bits per heavy atom. The van der Waals surface area contributed by atoms with Crippen molar-refractivity contribution in [3.8, 4) is 0 Å². The number of hydrogen-bond donors (Lipinski definition) is 5. The molecule has 0 aromatic heterocycles. The minimum absolute atomic E-state index is 0.127. The summed E-state index contributed by atoms with van der Waals surface area (Å²) in [6.45, 7) is 13.7. The van der Waals surface area contributed by atoms with E-state index in [-0.39, 0.29) is 18.9 Å². The number of carboxylic acid groups (broad SMARTS) is 1. The van der Waals surface area contributed by atoms with E-state index in [9.17, 15) is 39.0 Å². The van der Waals surface area contributed by atoms with Crippen LogP contribution in [0.25, 0.3) is 0 Å². The lowest BCUT2D eigenvalue weighted by Gasteiger charge is -2.33. The number of amides is 4. The molecule has 260 valence electrons. The summed E-state index contributed by atoms with van der Waals surface area (Å²) in [4.78, 5) is 76.7. The highest BCUT2D eigenvalue weighted by Gasteiger charge is 2.41. The van der Waals surface area contributed by atoms with Crippen molar-refractivity contribution in [3.05, 3.63) is 0 Å². The fraction of sp³-hybridized carbons (Fsp3) is 0.806. The summed E-state index contributed by atoms with van der Waals surface area (Å²) in [5, 5.41) is 25.6. The van der Waals surface area contributed by atoms with Crippen molar-refractivity contribution in [3.63, 3.8) is 0 Å². The van der Waals surface area contributed by atoms with Gasteiger partial charge in [0, 0.05) is 19.4 Å². The fourth-order valence-electron chi connectivity index (χ4n) is 4.49. The molecule has 0 fully saturated rings. The monoisotopic (exact) mass is 644 g/mol. The number of nitrogens with zero attached hydrogens (tertiary/aromatic N) is 1. The number of aliphatic carboxylic acids is 1. The van der Waals surface area contributed by atoms with E-state index in [1.54, 1.807) is 27.7 Å². The van der Waals surface area contributed by atoms with Crippen molar-refractivity contribution in [2.24, 2.45) is 17.6 Å². The van der Waals surface area contributed by atoms with Crippen LogP contribution < -0.4 is 16.4 Å². The second-order valence-electron chi connectivity index (χ2n) is 13.3. The predicted octanol–water partition coefficient (Wildman–Crippen LogP) is 2.49. The minimum atomic E-state index is -1.78. The Labute approximate surface area is 267 Å². The van der Waals surface area contributed by atoms with E-state index in [0.717, 1.165) is 20.0 Å². The van der Waals surface area contributed by atoms with E-state index in [1.807, 2.05) is 6.92 Å². The van der Waals surface area contributed by atoms with E-state index < -0.39 is 77.9 Å². The van der Waals surface area contributed by atoms with Crippen LogP contribution in [0.3, 0.4) is 0 Å². The number of nitrogens with two attached hydrogens (primary N) is 1. The molecule has 6 N–H and O–H groups in total. The third-order valence-electron chi connectivity index (χ3n) is 7.12. The van der Waals surface area contributed by atoms with Crippen LogP contribution in [0.1, 0.15) is 107 Å². The van der Waals surface area contributed by atoms with Gasteiger partial charge in [0.25, 0.3) is 0 Å². The molecule has 0 saturated heterocycles. The van der Waals surface area contributed by atoms with Crippen molar-refractivity contribution in [1.29, 1.82) is 0 Å². The first-order valence-corrected chi connectivity index (χ1v) is 15.6. The van der Waals surface area contributed by atoms with Gasteiger partial charge in [0.05, 0.1) is 25.2 Å². The number of rotatable bonds is 19. The van der Waals surface area contributed by atoms with Crippen molar-refractivity contribution in [1.82, 2.24) is 15.5 Å². The normalized spacial score (nSPS) is 15.6. The molecule has 45 heavy (non-hydrogen) atoms. The first-order chi connectivity index (χ1) is 20.6. The molecule has 0 aliphatic carbocycles. The zero-order valence-corrected chi connectivity index (χ0v) is 28.4. The Kier molecular flexibility index (Phi) is 17.9. The summed E-state index contributed by atoms with van der Waals surface area (Å²) in [5.41, 5.74) is 3.57. The van der Waals surface area contributed by atoms with Gasteiger partial charge in [0.2, 0.25) is 17.7 Å². The number of alkyl carbamates (subject to hydrolysis) is 1. The number of imide groups is 1. The Balaban J connectivity index is 5.78. The summed E-state index contributed by atoms with van der Waals surface area (Å²) in [5.74, 6) is -4.79. The first kappa shape index (κ1) is 41.7. The van der Waals surface area contributed by atoms with Crippen molar-refractivity contribution >= 4 is 35.8 Å². The standard InChI is InChI=1S/C31H56N4O10/c1-10-20(4)25(34-29(42)45-30(5,6)7)26(39)33-18-31(8,43)17-21(32)27(40)35(22(16-24(37)38)28(41)44-9)23(36)15-13-11-12-14-19(2)3/h19-22,25,43H,10-18,32H2,1-9H3,(H,33,39)(H,34,42)(H,37,38)/t20-,21?,22?,25-,31?/m0/s1. The van der Waals surface area contributed by atoms with Crippen LogP contribution in [0.2, 0.25) is 0 Å². The number of ether oxygens (including phenoxy) is 2. The van der Waals surface area contributed by atoms with Gasteiger partial charge in [-0.3, -0.25) is 24.1 Å². The van der Waals surface area contributed by atoms with Crippen LogP contribution in [-0.2, 0) is 33.4 Å². The van der Waals surface area contributed by atoms with Crippen LogP contribution in [0.5, 0.6) is 0 Å². The number of carbonyl (C=O) groups is 6. The molecule has 0 radical (unpaired) electrons. The molecule has 5 atom stereocenters. The predicted molar refractivity (Wildman–Crippen MR) is 167 cm³/mol. The fourth-order valence-corrected chi connectivity index (χ4v) is 4.49. The summed E-state index contributed by atoms with van der Waals surface area (Å²) in [6, 6.07) is -4.29. The molecule has 0 rings (SSSR count). The Hall–Kier alpha value is -3.26. The molecule has 14 heteroatoms. The molecular weight excluding hydrogens is 588 g/mol. The number of carboxylic acids is 1. The van der Waals surface area contributed by atoms with Crippen LogP contribution >= 0.6 is 0 Å². The van der Waals surface area contributed by atoms with E-state index >= 15 is 0 Å². The van der Waals surface area contributed by atoms with Gasteiger partial charge < -0.3 is 36.1 Å². The molecule has 0 aliphatic heterocycles. The number of esters is 1. The SMILES string of the molecule is CC[C@H](C)[C@H](NC(=O)OC(C)(C)C)C(=O)NCC(C)(O)CC(N)C(=O)N(C(=O)CCCCCC(C)C)C(CC(=O)O)C(=O)OC. The zero-order valence-electron chi connectivity index (χ0n) is 28.4. The Bertz CT molecular complexity index is 1010. The van der Waals surface area contributed by atoms with Crippen LogP contribution in [0.15, 0.2) is 0 Å². The van der Waals surface area contributed by atoms with Gasteiger partial charge in [0.15, 0.2) is 0 Å². The lowest BCUT2D eigenvalue weighted by atomic mass is 9.94. The zero-order chi connectivity index (χ0) is 35.1. The average Bonchev–Trinajstić information content (AvgIpc) is 2.91. The van der Waals surface area contributed by atoms with Crippen LogP contribution in [0.4, 0.5) is 4.79 Å². The summed E-state index contributed by atoms with van der Waals surface area (Å²) >= 11 is 0. The average molecular weight is 645 g/mol. The summed E-state index contributed by atoms with van der Waals surface area (Å²) in [6.07, 6.45) is 1.18. The molecule has 3 unspecified atom stereocenters. The maximum atomic E-state index is 13.5. The second kappa shape index (κ2) is 19.3. The van der Waals surface area contributed by atoms with Crippen LogP contribution in [0, 0.1) is 11.8 Å². The van der Waals surface area contributed by atoms with Gasteiger partial charge in [-0.05, 0) is 46.0 Å². The number of unbranched alkanes of at least 4 members (excludes halogenated alkanes) is 2. The van der Waals surface area contributed by atoms with E-state index in [4.69, 9.17) is 10.5 Å². The molecule has 0 aliphatic rings. The number of nitrogens with one attached hydrogen (secondary N) is 2. The number of methoxy groups -OCH3 is 1. The molecule has 4 amide bonds. The minimum Gasteiger partial charge on any atom is -0.481 e. The highest BCUT2D eigenvalue weighted by atomic mass is 16.6. The highest BCUT2D eigenvalue weighted by molar-refractivity contribution is 6.02. The first-order valence-electron chi connectivity index (χ1n) is 15.6. The Morgan fingerprint density at radius 1 is 0.978 bits per heavy atom. The Morgan fingerprint density at radius 3 is 2.07 bits per heavy atom. The van der Waals surface area contributed by atoms with Crippen molar-refractivity contribution in [2.75, 3.05) is 13.7 Å². The van der Waals surface area contributed by atoms with Crippen LogP contribution in [-0.4, -0.2) is 93.8 Å². The smallest absolute Gasteiger partial charge is 0.408 e. The van der Waals surface area contributed by atoms with Crippen molar-refractivity contribution in [2.45, 2.75) is 136 Å². The van der Waals surface area contributed by atoms with Gasteiger partial charge in [-0.2, -0.15) is 0 Å². The maximum Gasteiger partial charge on any atom is 0.408 e. The van der Waals surface area contributed by atoms with Crippen molar-refractivity contribution < 1.29 is 48.5 Å². The molecule has 0 saturated carbocycles. The highest BCUT2D eigenvalue weighted by Crippen LogP contribution is 2.19. The van der Waals surface area contributed by atoms with E-state index in [1.165, 1.54) is 6.92 Å². The lowest BCUT2D eigenvalue weighted by Crippen LogP contribution is -2.58. The molecule has 14 nitrogen and oxygen atoms in total. The maximum absolute atomic E-state index is 13.5. The van der Waals surface area contributed by atoms with Gasteiger partial charge in [-0.1, -0.05) is 53.4 Å². The second-order valence-corrected chi connectivity index (χ2v) is 13.3. The lowest BCUT2D eigenvalue weighted by molar-refractivity contribution is -0.163. The number of aliphatic hydroxyl groups is 1. The largest absolute Gasteiger partial charge is 0.481 e. The van der Waals surface area contributed by atoms with Gasteiger partial charge in [-0.25, -0.2) is 9.59 Å². The van der Waals surface area contributed by atoms with Gasteiger partial charge in [0.1, 0.15) is 17.7 Å². The van der Waals surface area contributed by atoms with Gasteiger partial charge in [-0.15, -0.1) is 0 Å². The molecule has 0 aromatic carbocycles. The molecule has 0 aromatic rings. The van der Waals surface area contributed by atoms with E-state index in [2.05, 4.69) is 29.2 Å². The molecule has 0 spiro atoms. The third-order valence-corrected chi connectivity index (χ3v) is 7.12. The molecular formula is C31H56N4O10. The third kappa shape index (κ3) is 16.6. The quantitative estimate of drug-likeness (QED) is 0.102. The summed E-state index contributed by atoms with van der Waals surface area (Å²) < 4.78 is 9.95. The number of carbonyl (C=O) groups excluding carboxylic acids is 5. The topological polar surface area (TPSA) is 215 Å². The molecule has 0 bridgehead atoms. The summed E-state index contributed by atoms with van der Waals surface area (Å²) in [7, 11) is 1.01.